The summed E-state index contributed by atoms with van der Waals surface area (Å²) in [6.45, 7) is 7.27. The van der Waals surface area contributed by atoms with Crippen molar-refractivity contribution < 1.29 is 9.72 Å². The molecule has 1 aromatic heterocycles. The molecule has 1 amide bonds. The van der Waals surface area contributed by atoms with Gasteiger partial charge in [0.25, 0.3) is 11.6 Å². The van der Waals surface area contributed by atoms with Gasteiger partial charge in [-0.25, -0.2) is 4.98 Å². The Balaban J connectivity index is 2.30. The lowest BCUT2D eigenvalue weighted by atomic mass is 10.1. The summed E-state index contributed by atoms with van der Waals surface area (Å²) in [6.07, 6.45) is 3.16. The molecule has 0 saturated carbocycles. The van der Waals surface area contributed by atoms with E-state index < -0.39 is 10.8 Å². The average molecular weight is 301 g/mol. The van der Waals surface area contributed by atoms with Crippen LogP contribution in [0.1, 0.15) is 20.9 Å². The van der Waals surface area contributed by atoms with Crippen LogP contribution < -0.4 is 5.32 Å². The molecule has 0 saturated heterocycles. The molecule has 0 spiro atoms. The van der Waals surface area contributed by atoms with Crippen molar-refractivity contribution in [1.82, 2.24) is 4.98 Å². The minimum Gasteiger partial charge on any atom is -0.298 e. The van der Waals surface area contributed by atoms with E-state index in [1.54, 1.807) is 18.2 Å². The number of aromatic nitrogens is 1. The van der Waals surface area contributed by atoms with Crippen LogP contribution in [0.15, 0.2) is 37.4 Å². The molecule has 0 bridgehead atoms. The van der Waals surface area contributed by atoms with Gasteiger partial charge in [-0.05, 0) is 18.2 Å². The summed E-state index contributed by atoms with van der Waals surface area (Å²) in [5.41, 5.74) is 0.338. The normalized spacial score (nSPS) is 9.90. The van der Waals surface area contributed by atoms with Gasteiger partial charge in [-0.1, -0.05) is 36.6 Å². The molecule has 2 aromatic rings. The molecular weight excluding hydrogens is 290 g/mol. The number of nitrogens with zero attached hydrogens (tertiary/aromatic N) is 2. The van der Waals surface area contributed by atoms with Crippen LogP contribution in [0.4, 0.5) is 10.8 Å². The Labute approximate surface area is 124 Å². The molecule has 0 aliphatic carbocycles. The first-order valence-corrected chi connectivity index (χ1v) is 6.69. The van der Waals surface area contributed by atoms with Gasteiger partial charge in [-0.2, -0.15) is 0 Å². The topological polar surface area (TPSA) is 85.1 Å². The van der Waals surface area contributed by atoms with Crippen LogP contribution in [0.25, 0.3) is 12.2 Å². The lowest BCUT2D eigenvalue weighted by molar-refractivity contribution is -0.385. The maximum Gasteiger partial charge on any atom is 0.282 e. The van der Waals surface area contributed by atoms with Crippen molar-refractivity contribution in [2.24, 2.45) is 0 Å². The number of nitro groups is 1. The largest absolute Gasteiger partial charge is 0.298 e. The lowest BCUT2D eigenvalue weighted by Crippen LogP contribution is -2.13. The standard InChI is InChI=1S/C14H11N3O3S/c1-3-10-12(4-2)21-14(15-10)16-13(18)9-7-5-6-8-11(9)17(19)20/h3-8H,1-2H2,(H,15,16,18). The van der Waals surface area contributed by atoms with Crippen molar-refractivity contribution in [2.45, 2.75) is 0 Å². The molecule has 6 nitrogen and oxygen atoms in total. The maximum atomic E-state index is 12.1. The number of rotatable bonds is 5. The first-order valence-electron chi connectivity index (χ1n) is 5.87. The van der Waals surface area contributed by atoms with Gasteiger partial charge in [-0.3, -0.25) is 20.2 Å². The molecule has 0 aliphatic heterocycles. The number of hydrogen-bond acceptors (Lipinski definition) is 5. The molecule has 106 valence electrons. The highest BCUT2D eigenvalue weighted by molar-refractivity contribution is 7.16. The number of nitro benzene ring substituents is 1. The average Bonchev–Trinajstić information content (AvgIpc) is 2.89. The second kappa shape index (κ2) is 6.10. The van der Waals surface area contributed by atoms with Crippen LogP contribution in [0.2, 0.25) is 0 Å². The third-order valence-corrected chi connectivity index (χ3v) is 3.61. The Morgan fingerprint density at radius 1 is 1.33 bits per heavy atom. The van der Waals surface area contributed by atoms with E-state index in [2.05, 4.69) is 23.5 Å². The SMILES string of the molecule is C=Cc1nc(NC(=O)c2ccccc2[N+](=O)[O-])sc1C=C. The number of hydrogen-bond donors (Lipinski definition) is 1. The molecular formula is C14H11N3O3S. The Morgan fingerprint density at radius 3 is 2.62 bits per heavy atom. The van der Waals surface area contributed by atoms with Gasteiger partial charge in [0.2, 0.25) is 0 Å². The van der Waals surface area contributed by atoms with Crippen molar-refractivity contribution >= 4 is 40.2 Å². The zero-order valence-electron chi connectivity index (χ0n) is 10.9. The fraction of sp³-hybridized carbons (Fsp3) is 0. The molecule has 0 aliphatic rings. The zero-order chi connectivity index (χ0) is 15.4. The highest BCUT2D eigenvalue weighted by Gasteiger charge is 2.20. The second-order valence-electron chi connectivity index (χ2n) is 3.91. The van der Waals surface area contributed by atoms with Gasteiger partial charge in [0.15, 0.2) is 5.13 Å². The first kappa shape index (κ1) is 14.6. The molecule has 1 heterocycles. The maximum absolute atomic E-state index is 12.1. The number of anilines is 1. The third kappa shape index (κ3) is 3.03. The summed E-state index contributed by atoms with van der Waals surface area (Å²) in [5, 5.41) is 13.8. The van der Waals surface area contributed by atoms with Crippen molar-refractivity contribution in [3.63, 3.8) is 0 Å². The van der Waals surface area contributed by atoms with E-state index in [4.69, 9.17) is 0 Å². The van der Waals surface area contributed by atoms with Crippen LogP contribution in [0, 0.1) is 10.1 Å². The fourth-order valence-corrected chi connectivity index (χ4v) is 2.49. The lowest BCUT2D eigenvalue weighted by Gasteiger charge is -2.02. The highest BCUT2D eigenvalue weighted by atomic mass is 32.1. The molecule has 21 heavy (non-hydrogen) atoms. The molecule has 0 atom stereocenters. The van der Waals surface area contributed by atoms with Crippen LogP contribution in [-0.2, 0) is 0 Å². The number of para-hydroxylation sites is 1. The number of carbonyl (C=O) groups is 1. The fourth-order valence-electron chi connectivity index (χ4n) is 1.68. The highest BCUT2D eigenvalue weighted by Crippen LogP contribution is 2.26. The monoisotopic (exact) mass is 301 g/mol. The van der Waals surface area contributed by atoms with Gasteiger partial charge in [0.1, 0.15) is 5.56 Å². The van der Waals surface area contributed by atoms with Gasteiger partial charge >= 0.3 is 0 Å². The van der Waals surface area contributed by atoms with E-state index >= 15 is 0 Å². The minimum atomic E-state index is -0.596. The number of amides is 1. The quantitative estimate of drug-likeness (QED) is 0.675. The van der Waals surface area contributed by atoms with Crippen molar-refractivity contribution in [1.29, 1.82) is 0 Å². The Bertz CT molecular complexity index is 711. The minimum absolute atomic E-state index is 0.0157. The first-order chi connectivity index (χ1) is 10.1. The van der Waals surface area contributed by atoms with E-state index in [9.17, 15) is 14.9 Å². The Morgan fingerprint density at radius 2 is 2.05 bits per heavy atom. The summed E-state index contributed by atoms with van der Waals surface area (Å²) < 4.78 is 0. The predicted octanol–water partition coefficient (Wildman–Crippen LogP) is 3.59. The molecule has 1 aromatic carbocycles. The summed E-state index contributed by atoms with van der Waals surface area (Å²) in [7, 11) is 0. The molecule has 7 heteroatoms. The number of thiazole rings is 1. The van der Waals surface area contributed by atoms with E-state index in [-0.39, 0.29) is 11.3 Å². The van der Waals surface area contributed by atoms with E-state index in [0.717, 1.165) is 4.88 Å². The smallest absolute Gasteiger partial charge is 0.282 e. The third-order valence-electron chi connectivity index (χ3n) is 2.63. The van der Waals surface area contributed by atoms with Crippen molar-refractivity contribution in [3.05, 3.63) is 63.7 Å². The molecule has 2 rings (SSSR count). The molecule has 0 unspecified atom stereocenters. The van der Waals surface area contributed by atoms with Gasteiger partial charge in [-0.15, -0.1) is 0 Å². The van der Waals surface area contributed by atoms with Crippen molar-refractivity contribution in [3.8, 4) is 0 Å². The van der Waals surface area contributed by atoms with Gasteiger partial charge in [0.05, 0.1) is 15.5 Å². The Hall–Kier alpha value is -2.80. The summed E-state index contributed by atoms with van der Waals surface area (Å²) in [5.74, 6) is -0.581. The summed E-state index contributed by atoms with van der Waals surface area (Å²) in [4.78, 5) is 27.4. The number of nitrogens with one attached hydrogen (secondary N) is 1. The number of carbonyl (C=O) groups excluding carboxylic acids is 1. The van der Waals surface area contributed by atoms with Crippen molar-refractivity contribution in [2.75, 3.05) is 5.32 Å². The predicted molar refractivity (Wildman–Crippen MR) is 83.3 cm³/mol. The second-order valence-corrected chi connectivity index (χ2v) is 4.94. The van der Waals surface area contributed by atoms with Crippen LogP contribution >= 0.6 is 11.3 Å². The van der Waals surface area contributed by atoms with E-state index in [1.807, 2.05) is 0 Å². The molecule has 0 radical (unpaired) electrons. The van der Waals surface area contributed by atoms with Crippen LogP contribution in [0.3, 0.4) is 0 Å². The Kier molecular flexibility index (Phi) is 4.24. The van der Waals surface area contributed by atoms with Crippen LogP contribution in [0.5, 0.6) is 0 Å². The van der Waals surface area contributed by atoms with Crippen LogP contribution in [-0.4, -0.2) is 15.8 Å². The van der Waals surface area contributed by atoms with Gasteiger partial charge in [0, 0.05) is 6.07 Å². The van der Waals surface area contributed by atoms with Gasteiger partial charge < -0.3 is 0 Å². The number of benzene rings is 1. The summed E-state index contributed by atoms with van der Waals surface area (Å²) >= 11 is 1.22. The molecule has 0 fully saturated rings. The van der Waals surface area contributed by atoms with E-state index in [0.29, 0.717) is 10.8 Å². The zero-order valence-corrected chi connectivity index (χ0v) is 11.7. The molecule has 1 N–H and O–H groups in total. The van der Waals surface area contributed by atoms with E-state index in [1.165, 1.54) is 29.5 Å². The summed E-state index contributed by atoms with van der Waals surface area (Å²) in [6, 6.07) is 5.74.